The van der Waals surface area contributed by atoms with Crippen LogP contribution in [0.3, 0.4) is 0 Å². The van der Waals surface area contributed by atoms with Crippen molar-refractivity contribution in [3.05, 3.63) is 59.2 Å². The standard InChI is InChI=1S/C23H29N3O4S/c1-16-11-12-17(2)21(15-16)26(31(4,29)30)18(3)22(27)24-20-10-6-5-9-19(20)23(28)25-13-7-8-14-25/h5-6,9-12,15,18H,7-8,13-14H2,1-4H3,(H,24,27). The molecule has 1 aliphatic heterocycles. The van der Waals surface area contributed by atoms with Crippen molar-refractivity contribution in [3.8, 4) is 0 Å². The van der Waals surface area contributed by atoms with Gasteiger partial charge in [0, 0.05) is 13.1 Å². The number of benzene rings is 2. The molecule has 31 heavy (non-hydrogen) atoms. The lowest BCUT2D eigenvalue weighted by molar-refractivity contribution is -0.116. The van der Waals surface area contributed by atoms with Gasteiger partial charge in [0.05, 0.1) is 23.2 Å². The van der Waals surface area contributed by atoms with E-state index in [4.69, 9.17) is 0 Å². The van der Waals surface area contributed by atoms with Crippen molar-refractivity contribution in [3.63, 3.8) is 0 Å². The molecule has 166 valence electrons. The van der Waals surface area contributed by atoms with E-state index in [1.165, 1.54) is 0 Å². The van der Waals surface area contributed by atoms with Crippen LogP contribution in [-0.2, 0) is 14.8 Å². The first kappa shape index (κ1) is 22.8. The molecular weight excluding hydrogens is 414 g/mol. The van der Waals surface area contributed by atoms with E-state index in [-0.39, 0.29) is 5.91 Å². The minimum absolute atomic E-state index is 0.129. The molecular formula is C23H29N3O4S. The Bertz CT molecular complexity index is 1090. The lowest BCUT2D eigenvalue weighted by Crippen LogP contribution is -2.46. The minimum atomic E-state index is -3.74. The van der Waals surface area contributed by atoms with Crippen LogP contribution in [0.4, 0.5) is 11.4 Å². The molecule has 0 aromatic heterocycles. The number of carbonyl (C=O) groups is 2. The Balaban J connectivity index is 1.90. The molecule has 2 aromatic rings. The fourth-order valence-electron chi connectivity index (χ4n) is 3.84. The highest BCUT2D eigenvalue weighted by Crippen LogP contribution is 2.27. The molecule has 0 bridgehead atoms. The van der Waals surface area contributed by atoms with E-state index < -0.39 is 22.0 Å². The SMILES string of the molecule is Cc1ccc(C)c(N(C(C)C(=O)Nc2ccccc2C(=O)N2CCCC2)S(C)(=O)=O)c1. The highest BCUT2D eigenvalue weighted by molar-refractivity contribution is 7.92. The van der Waals surface area contributed by atoms with Gasteiger partial charge in [-0.1, -0.05) is 24.3 Å². The van der Waals surface area contributed by atoms with Crippen LogP contribution in [0.25, 0.3) is 0 Å². The zero-order valence-corrected chi connectivity index (χ0v) is 19.2. The Morgan fingerprint density at radius 2 is 1.71 bits per heavy atom. The number of hydrogen-bond donors (Lipinski definition) is 1. The van der Waals surface area contributed by atoms with Gasteiger partial charge in [-0.2, -0.15) is 0 Å². The van der Waals surface area contributed by atoms with Crippen LogP contribution in [0.1, 0.15) is 41.3 Å². The highest BCUT2D eigenvalue weighted by atomic mass is 32.2. The summed E-state index contributed by atoms with van der Waals surface area (Å²) in [4.78, 5) is 27.8. The monoisotopic (exact) mass is 443 g/mol. The van der Waals surface area contributed by atoms with Crippen molar-refractivity contribution >= 4 is 33.2 Å². The molecule has 3 rings (SSSR count). The van der Waals surface area contributed by atoms with Crippen LogP contribution in [0.2, 0.25) is 0 Å². The van der Waals surface area contributed by atoms with Crippen LogP contribution in [0.5, 0.6) is 0 Å². The topological polar surface area (TPSA) is 86.8 Å². The molecule has 2 amide bonds. The lowest BCUT2D eigenvalue weighted by Gasteiger charge is -2.30. The Labute approximate surface area is 184 Å². The summed E-state index contributed by atoms with van der Waals surface area (Å²) in [7, 11) is -3.74. The fourth-order valence-corrected chi connectivity index (χ4v) is 5.07. The fraction of sp³-hybridized carbons (Fsp3) is 0.391. The molecule has 1 N–H and O–H groups in total. The number of carbonyl (C=O) groups excluding carboxylic acids is 2. The molecule has 1 heterocycles. The molecule has 1 aliphatic rings. The zero-order valence-electron chi connectivity index (χ0n) is 18.4. The van der Waals surface area contributed by atoms with Crippen LogP contribution >= 0.6 is 0 Å². The number of sulfonamides is 1. The first-order valence-corrected chi connectivity index (χ1v) is 12.2. The summed E-state index contributed by atoms with van der Waals surface area (Å²) in [6.07, 6.45) is 3.02. The Kier molecular flexibility index (Phi) is 6.69. The second-order valence-electron chi connectivity index (χ2n) is 8.06. The van der Waals surface area contributed by atoms with E-state index in [0.29, 0.717) is 30.0 Å². The van der Waals surface area contributed by atoms with Crippen LogP contribution in [-0.4, -0.2) is 50.5 Å². The van der Waals surface area contributed by atoms with E-state index in [1.807, 2.05) is 26.0 Å². The highest BCUT2D eigenvalue weighted by Gasteiger charge is 2.31. The maximum atomic E-state index is 13.1. The summed E-state index contributed by atoms with van der Waals surface area (Å²) >= 11 is 0. The predicted octanol–water partition coefficient (Wildman–Crippen LogP) is 3.33. The van der Waals surface area contributed by atoms with Crippen molar-refractivity contribution in [2.24, 2.45) is 0 Å². The van der Waals surface area contributed by atoms with Crippen LogP contribution in [0, 0.1) is 13.8 Å². The van der Waals surface area contributed by atoms with Gasteiger partial charge in [0.1, 0.15) is 6.04 Å². The third-order valence-corrected chi connectivity index (χ3v) is 6.73. The van der Waals surface area contributed by atoms with Crippen LogP contribution in [0.15, 0.2) is 42.5 Å². The summed E-state index contributed by atoms with van der Waals surface area (Å²) in [6, 6.07) is 11.3. The van der Waals surface area contributed by atoms with Gasteiger partial charge in [-0.15, -0.1) is 0 Å². The lowest BCUT2D eigenvalue weighted by atomic mass is 10.1. The molecule has 1 fully saturated rings. The largest absolute Gasteiger partial charge is 0.339 e. The Hall–Kier alpha value is -2.87. The molecule has 1 atom stereocenters. The summed E-state index contributed by atoms with van der Waals surface area (Å²) in [5.74, 6) is -0.636. The molecule has 1 unspecified atom stereocenters. The third-order valence-electron chi connectivity index (χ3n) is 5.50. The molecule has 0 saturated carbocycles. The first-order valence-electron chi connectivity index (χ1n) is 10.4. The van der Waals surface area contributed by atoms with Gasteiger partial charge >= 0.3 is 0 Å². The second kappa shape index (κ2) is 9.09. The number of amides is 2. The molecule has 1 saturated heterocycles. The quantitative estimate of drug-likeness (QED) is 0.742. The summed E-state index contributed by atoms with van der Waals surface area (Å²) in [6.45, 7) is 6.62. The predicted molar refractivity (Wildman–Crippen MR) is 123 cm³/mol. The van der Waals surface area contributed by atoms with Gasteiger partial charge in [-0.25, -0.2) is 8.42 Å². The maximum absolute atomic E-state index is 13.1. The van der Waals surface area contributed by atoms with E-state index >= 15 is 0 Å². The number of hydrogen-bond acceptors (Lipinski definition) is 4. The number of nitrogens with zero attached hydrogens (tertiary/aromatic N) is 2. The van der Waals surface area contributed by atoms with Gasteiger partial charge in [0.25, 0.3) is 5.91 Å². The van der Waals surface area contributed by atoms with Crippen molar-refractivity contribution in [1.82, 2.24) is 4.90 Å². The average Bonchev–Trinajstić information content (AvgIpc) is 3.24. The number of para-hydroxylation sites is 1. The number of likely N-dealkylation sites (tertiary alicyclic amines) is 1. The van der Waals surface area contributed by atoms with E-state index in [0.717, 1.165) is 34.5 Å². The Morgan fingerprint density at radius 3 is 2.35 bits per heavy atom. The van der Waals surface area contributed by atoms with E-state index in [1.54, 1.807) is 42.2 Å². The van der Waals surface area contributed by atoms with Gasteiger partial charge < -0.3 is 10.2 Å². The first-order chi connectivity index (χ1) is 14.6. The molecule has 0 spiro atoms. The van der Waals surface area contributed by atoms with Gasteiger partial charge in [0.2, 0.25) is 15.9 Å². The zero-order chi connectivity index (χ0) is 22.8. The molecule has 7 nitrogen and oxygen atoms in total. The second-order valence-corrected chi connectivity index (χ2v) is 9.92. The van der Waals surface area contributed by atoms with Crippen molar-refractivity contribution in [2.45, 2.75) is 39.7 Å². The van der Waals surface area contributed by atoms with Crippen molar-refractivity contribution < 1.29 is 18.0 Å². The smallest absolute Gasteiger partial charge is 0.255 e. The van der Waals surface area contributed by atoms with Crippen molar-refractivity contribution in [2.75, 3.05) is 29.0 Å². The number of aryl methyl sites for hydroxylation is 2. The molecule has 8 heteroatoms. The van der Waals surface area contributed by atoms with Crippen LogP contribution < -0.4 is 9.62 Å². The van der Waals surface area contributed by atoms with E-state index in [9.17, 15) is 18.0 Å². The van der Waals surface area contributed by atoms with E-state index in [2.05, 4.69) is 5.32 Å². The third kappa shape index (κ3) is 5.07. The maximum Gasteiger partial charge on any atom is 0.255 e. The summed E-state index contributed by atoms with van der Waals surface area (Å²) in [5, 5.41) is 2.78. The average molecular weight is 444 g/mol. The molecule has 0 radical (unpaired) electrons. The molecule has 0 aliphatic carbocycles. The summed E-state index contributed by atoms with van der Waals surface area (Å²) < 4.78 is 26.4. The Morgan fingerprint density at radius 1 is 1.06 bits per heavy atom. The number of rotatable bonds is 6. The van der Waals surface area contributed by atoms with Crippen molar-refractivity contribution in [1.29, 1.82) is 0 Å². The normalized spacial score (nSPS) is 14.9. The number of anilines is 2. The van der Waals surface area contributed by atoms with Gasteiger partial charge in [-0.3, -0.25) is 13.9 Å². The molecule has 2 aromatic carbocycles. The number of nitrogens with one attached hydrogen (secondary N) is 1. The summed E-state index contributed by atoms with van der Waals surface area (Å²) in [5.41, 5.74) is 2.89. The van der Waals surface area contributed by atoms with Gasteiger partial charge in [-0.05, 0) is 62.9 Å². The van der Waals surface area contributed by atoms with Gasteiger partial charge in [0.15, 0.2) is 0 Å². The minimum Gasteiger partial charge on any atom is -0.339 e.